The van der Waals surface area contributed by atoms with Crippen LogP contribution >= 0.6 is 22.9 Å². The third kappa shape index (κ3) is 5.04. The number of carbonyl (C=O) groups excluding carboxylic acids is 1. The number of allylic oxidation sites excluding steroid dienone is 1. The van der Waals surface area contributed by atoms with Gasteiger partial charge in [-0.15, -0.1) is 11.3 Å². The average molecular weight is 611 g/mol. The zero-order valence-corrected chi connectivity index (χ0v) is 24.2. The molecule has 3 heterocycles. The van der Waals surface area contributed by atoms with Gasteiger partial charge >= 0.3 is 11.9 Å². The monoisotopic (exact) mass is 610 g/mol. The van der Waals surface area contributed by atoms with Gasteiger partial charge < -0.3 is 15.2 Å². The largest absolute Gasteiger partial charge is 0.481 e. The lowest BCUT2D eigenvalue weighted by Gasteiger charge is -2.44. The summed E-state index contributed by atoms with van der Waals surface area (Å²) in [6.45, 7) is 1.95. The molecule has 214 valence electrons. The number of piperidine rings is 1. The zero-order chi connectivity index (χ0) is 28.8. The summed E-state index contributed by atoms with van der Waals surface area (Å²) in [6.07, 6.45) is 2.55. The maximum atomic E-state index is 14.5. The molecule has 1 aromatic heterocycles. The lowest BCUT2D eigenvalue weighted by atomic mass is 9.70. The zero-order valence-electron chi connectivity index (χ0n) is 21.8. The Labute approximate surface area is 240 Å². The predicted octanol–water partition coefficient (Wildman–Crippen LogP) is 3.75. The number of sulfonamides is 1. The highest BCUT2D eigenvalue weighted by Gasteiger charge is 2.53. The lowest BCUT2D eigenvalue weighted by Crippen LogP contribution is -2.54. The number of carboxylic acids is 1. The Balaban J connectivity index is 1.46. The summed E-state index contributed by atoms with van der Waals surface area (Å²) in [5, 5.41) is 14.1. The van der Waals surface area contributed by atoms with E-state index in [9.17, 15) is 27.5 Å². The predicted molar refractivity (Wildman–Crippen MR) is 147 cm³/mol. The lowest BCUT2D eigenvalue weighted by molar-refractivity contribution is -0.152. The van der Waals surface area contributed by atoms with E-state index >= 15 is 0 Å². The first-order chi connectivity index (χ1) is 19.0. The van der Waals surface area contributed by atoms with E-state index in [4.69, 9.17) is 21.3 Å². The molecular weight excluding hydrogens is 583 g/mol. The Kier molecular flexibility index (Phi) is 7.77. The number of nitrogens with one attached hydrogen (secondary N) is 1. The summed E-state index contributed by atoms with van der Waals surface area (Å²) in [4.78, 5) is 33.7. The van der Waals surface area contributed by atoms with Crippen molar-refractivity contribution in [3.63, 3.8) is 0 Å². The normalized spacial score (nSPS) is 26.1. The summed E-state index contributed by atoms with van der Waals surface area (Å²) < 4.78 is 47.5. The number of nitrogens with zero attached hydrogens (tertiary/aromatic N) is 3. The maximum absolute atomic E-state index is 14.5. The molecule has 5 rings (SSSR count). The number of methoxy groups -OCH3 is 1. The number of halogens is 2. The molecule has 1 saturated carbocycles. The summed E-state index contributed by atoms with van der Waals surface area (Å²) in [5.74, 6) is -2.18. The molecule has 2 aliphatic heterocycles. The first-order valence-electron chi connectivity index (χ1n) is 12.7. The molecule has 0 spiro atoms. The van der Waals surface area contributed by atoms with E-state index in [0.29, 0.717) is 34.9 Å². The highest BCUT2D eigenvalue weighted by molar-refractivity contribution is 7.89. The molecule has 14 heteroatoms. The standard InChI is InChI=1S/C26H28ClFN4O6S2/c1-26(25(34)35)12-15(13-26)40(36,37)32-9-6-14(7-10-32)20-18(24(33)38-2)21(16-4-3-5-17(28)19(16)27)31-22(30-20)23-29-8-11-39-23/h3-5,8,11,14-15,21H,6-7,9-10,12-13H2,1-2H3,(H,30,31)(H,34,35)/t15-,21?,26-. The van der Waals surface area contributed by atoms with Gasteiger partial charge in [-0.25, -0.2) is 26.9 Å². The Morgan fingerprint density at radius 1 is 1.27 bits per heavy atom. The summed E-state index contributed by atoms with van der Waals surface area (Å²) in [5.41, 5.74) is -0.0490. The van der Waals surface area contributed by atoms with E-state index in [1.54, 1.807) is 24.6 Å². The van der Waals surface area contributed by atoms with Gasteiger partial charge in [0.2, 0.25) is 10.0 Å². The molecule has 0 bridgehead atoms. The topological polar surface area (TPSA) is 138 Å². The van der Waals surface area contributed by atoms with E-state index in [0.717, 1.165) is 0 Å². The first kappa shape index (κ1) is 28.7. The van der Waals surface area contributed by atoms with Crippen molar-refractivity contribution in [3.8, 4) is 0 Å². The van der Waals surface area contributed by atoms with Crippen LogP contribution in [0.5, 0.6) is 0 Å². The second kappa shape index (κ2) is 10.8. The molecular formula is C26H28ClFN4O6S2. The number of rotatable bonds is 7. The van der Waals surface area contributed by atoms with Crippen LogP contribution in [0.3, 0.4) is 0 Å². The number of esters is 1. The molecule has 1 aromatic carbocycles. The van der Waals surface area contributed by atoms with Crippen molar-refractivity contribution in [1.29, 1.82) is 0 Å². The van der Waals surface area contributed by atoms with Gasteiger partial charge in [0.1, 0.15) is 11.9 Å². The first-order valence-corrected chi connectivity index (χ1v) is 15.5. The highest BCUT2D eigenvalue weighted by atomic mass is 35.5. The number of amidine groups is 1. The van der Waals surface area contributed by atoms with E-state index in [-0.39, 0.29) is 42.4 Å². The van der Waals surface area contributed by atoms with Crippen molar-refractivity contribution in [1.82, 2.24) is 14.6 Å². The van der Waals surface area contributed by atoms with Crippen LogP contribution < -0.4 is 5.32 Å². The van der Waals surface area contributed by atoms with Gasteiger partial charge in [0, 0.05) is 41.8 Å². The summed E-state index contributed by atoms with van der Waals surface area (Å²) in [7, 11) is -2.43. The van der Waals surface area contributed by atoms with Crippen LogP contribution in [0, 0.1) is 17.2 Å². The van der Waals surface area contributed by atoms with E-state index < -0.39 is 44.5 Å². The van der Waals surface area contributed by atoms with Gasteiger partial charge in [-0.1, -0.05) is 23.7 Å². The Morgan fingerprint density at radius 3 is 2.58 bits per heavy atom. The van der Waals surface area contributed by atoms with Gasteiger partial charge in [-0.2, -0.15) is 0 Å². The number of benzene rings is 1. The number of thiazole rings is 1. The molecule has 0 radical (unpaired) electrons. The van der Waals surface area contributed by atoms with Crippen LogP contribution in [0.1, 0.15) is 49.2 Å². The highest BCUT2D eigenvalue weighted by Crippen LogP contribution is 2.46. The average Bonchev–Trinajstić information content (AvgIpc) is 3.47. The minimum atomic E-state index is -3.68. The summed E-state index contributed by atoms with van der Waals surface area (Å²) >= 11 is 7.68. The fourth-order valence-corrected chi connectivity index (χ4v) is 8.68. The smallest absolute Gasteiger partial charge is 0.338 e. The van der Waals surface area contributed by atoms with Crippen LogP contribution in [0.4, 0.5) is 4.39 Å². The van der Waals surface area contributed by atoms with Gasteiger partial charge in [-0.3, -0.25) is 9.79 Å². The SMILES string of the molecule is COC(=O)C1=C(C2CCN(S(=O)(=O)[C@H]3C[C@](C)(C(=O)O)C3)CC2)NC(c2nccs2)=NC1c1cccc(F)c1Cl. The van der Waals surface area contributed by atoms with Gasteiger partial charge in [-0.05, 0) is 38.7 Å². The molecule has 1 saturated heterocycles. The van der Waals surface area contributed by atoms with Gasteiger partial charge in [0.15, 0.2) is 10.8 Å². The van der Waals surface area contributed by atoms with Crippen molar-refractivity contribution in [2.75, 3.05) is 20.2 Å². The molecule has 2 N–H and O–H groups in total. The number of aliphatic carboxylic acids is 1. The Hall–Kier alpha value is -2.87. The number of hydrogen-bond acceptors (Lipinski definition) is 9. The van der Waals surface area contributed by atoms with Crippen molar-refractivity contribution in [2.24, 2.45) is 16.3 Å². The van der Waals surface area contributed by atoms with Crippen LogP contribution in [0.15, 0.2) is 46.0 Å². The molecule has 1 unspecified atom stereocenters. The number of ether oxygens (including phenoxy) is 1. The molecule has 2 aromatic rings. The van der Waals surface area contributed by atoms with E-state index in [1.807, 2.05) is 0 Å². The number of aromatic nitrogens is 1. The molecule has 0 amide bonds. The van der Waals surface area contributed by atoms with Crippen LogP contribution in [0.25, 0.3) is 0 Å². The number of aliphatic imine (C=N–C) groups is 1. The summed E-state index contributed by atoms with van der Waals surface area (Å²) in [6, 6.07) is 3.34. The number of carbonyl (C=O) groups is 2. The minimum absolute atomic E-state index is 0.0769. The van der Waals surface area contributed by atoms with Crippen LogP contribution in [-0.2, 0) is 24.3 Å². The van der Waals surface area contributed by atoms with Crippen molar-refractivity contribution < 1.29 is 32.2 Å². The molecule has 10 nitrogen and oxygen atoms in total. The van der Waals surface area contributed by atoms with Crippen LogP contribution in [0.2, 0.25) is 5.02 Å². The minimum Gasteiger partial charge on any atom is -0.481 e. The van der Waals surface area contributed by atoms with Crippen molar-refractivity contribution >= 4 is 50.7 Å². The molecule has 2 fully saturated rings. The van der Waals surface area contributed by atoms with Gasteiger partial charge in [0.25, 0.3) is 0 Å². The second-order valence-electron chi connectivity index (χ2n) is 10.4. The van der Waals surface area contributed by atoms with E-state index in [1.165, 1.54) is 34.9 Å². The molecule has 1 aliphatic carbocycles. The third-order valence-electron chi connectivity index (χ3n) is 7.91. The molecule has 3 aliphatic rings. The number of carboxylic acid groups (broad SMARTS) is 1. The molecule has 1 atom stereocenters. The maximum Gasteiger partial charge on any atom is 0.338 e. The van der Waals surface area contributed by atoms with Gasteiger partial charge in [0.05, 0.1) is 28.4 Å². The fourth-order valence-electron chi connectivity index (χ4n) is 5.57. The fraction of sp³-hybridized carbons (Fsp3) is 0.462. The number of hydrogen-bond donors (Lipinski definition) is 2. The quantitative estimate of drug-likeness (QED) is 0.452. The Bertz CT molecular complexity index is 1500. The van der Waals surface area contributed by atoms with Crippen molar-refractivity contribution in [3.05, 3.63) is 62.5 Å². The Morgan fingerprint density at radius 2 is 1.98 bits per heavy atom. The third-order valence-corrected chi connectivity index (χ3v) is 11.3. The van der Waals surface area contributed by atoms with Crippen LogP contribution in [-0.4, -0.2) is 66.0 Å². The second-order valence-corrected chi connectivity index (χ2v) is 13.9. The van der Waals surface area contributed by atoms with E-state index in [2.05, 4.69) is 10.3 Å². The molecule has 40 heavy (non-hydrogen) atoms. The van der Waals surface area contributed by atoms with Crippen molar-refractivity contribution in [2.45, 2.75) is 43.9 Å².